The summed E-state index contributed by atoms with van der Waals surface area (Å²) in [6.07, 6.45) is 6.43. The minimum atomic E-state index is -0.826. The maximum atomic E-state index is 10.9. The third-order valence-corrected chi connectivity index (χ3v) is 1.52. The van der Waals surface area contributed by atoms with E-state index in [-0.39, 0.29) is 0 Å². The van der Waals surface area contributed by atoms with Gasteiger partial charge in [-0.3, -0.25) is 5.32 Å². The molecule has 0 radical (unpaired) electrons. The van der Waals surface area contributed by atoms with E-state index in [2.05, 4.69) is 17.8 Å². The first-order valence-corrected chi connectivity index (χ1v) is 3.66. The molecule has 1 amide bonds. The summed E-state index contributed by atoms with van der Waals surface area (Å²) in [5, 5.41) is 2.28. The van der Waals surface area contributed by atoms with Gasteiger partial charge in [-0.25, -0.2) is 4.79 Å². The summed E-state index contributed by atoms with van der Waals surface area (Å²) in [7, 11) is 0. The van der Waals surface area contributed by atoms with Gasteiger partial charge in [0.25, 0.3) is 0 Å². The van der Waals surface area contributed by atoms with Crippen molar-refractivity contribution in [1.29, 1.82) is 0 Å². The molecule has 0 aromatic carbocycles. The summed E-state index contributed by atoms with van der Waals surface area (Å²) in [4.78, 5) is 10.9. The molecule has 12 heavy (non-hydrogen) atoms. The van der Waals surface area contributed by atoms with Crippen molar-refractivity contribution in [2.45, 2.75) is 25.9 Å². The molecule has 66 valence electrons. The van der Waals surface area contributed by atoms with E-state index in [1.807, 2.05) is 6.92 Å². The van der Waals surface area contributed by atoms with Crippen LogP contribution < -0.4 is 5.32 Å². The lowest BCUT2D eigenvalue weighted by Gasteiger charge is -2.21. The Labute approximate surface area is 72.8 Å². The van der Waals surface area contributed by atoms with Crippen molar-refractivity contribution in [2.75, 3.05) is 0 Å². The molecule has 1 atom stereocenters. The quantitative estimate of drug-likeness (QED) is 0.649. The number of terminal acetylenes is 1. The molecule has 0 saturated carbocycles. The Balaban J connectivity index is 4.14. The maximum Gasteiger partial charge on any atom is 0.412 e. The molecular weight excluding hydrogens is 154 g/mol. The first-order valence-electron chi connectivity index (χ1n) is 3.66. The first-order chi connectivity index (χ1) is 5.58. The van der Waals surface area contributed by atoms with Crippen molar-refractivity contribution >= 4 is 6.09 Å². The van der Waals surface area contributed by atoms with Crippen molar-refractivity contribution in [3.63, 3.8) is 0 Å². The van der Waals surface area contributed by atoms with Crippen LogP contribution >= 0.6 is 0 Å². The van der Waals surface area contributed by atoms with Gasteiger partial charge in [-0.15, -0.1) is 6.42 Å². The number of carbonyl (C=O) groups excluding carboxylic acids is 1. The lowest BCUT2D eigenvalue weighted by Crippen LogP contribution is -2.33. The number of carbonyl (C=O) groups is 1. The van der Waals surface area contributed by atoms with Gasteiger partial charge in [0.1, 0.15) is 0 Å². The van der Waals surface area contributed by atoms with Gasteiger partial charge < -0.3 is 4.74 Å². The molecule has 0 saturated heterocycles. The number of nitrogens with one attached hydrogen (secondary N) is 1. The fourth-order valence-corrected chi connectivity index (χ4v) is 0.521. The summed E-state index contributed by atoms with van der Waals surface area (Å²) in [5.41, 5.74) is -0.826. The average molecular weight is 167 g/mol. The maximum absolute atomic E-state index is 10.9. The molecule has 0 aliphatic rings. The molecule has 0 heterocycles. The van der Waals surface area contributed by atoms with Gasteiger partial charge in [0.15, 0.2) is 5.60 Å². The van der Waals surface area contributed by atoms with Crippen LogP contribution in [0.5, 0.6) is 0 Å². The van der Waals surface area contributed by atoms with E-state index in [0.717, 1.165) is 0 Å². The number of hydrogen-bond acceptors (Lipinski definition) is 2. The second kappa shape index (κ2) is 4.45. The Morgan fingerprint density at radius 1 is 1.92 bits per heavy atom. The number of ether oxygens (including phenoxy) is 1. The second-order valence-corrected chi connectivity index (χ2v) is 2.47. The van der Waals surface area contributed by atoms with Gasteiger partial charge in [0, 0.05) is 0 Å². The highest BCUT2D eigenvalue weighted by Gasteiger charge is 2.22. The summed E-state index contributed by atoms with van der Waals surface area (Å²) in [5.74, 6) is 2.40. The van der Waals surface area contributed by atoms with Crippen LogP contribution in [0.2, 0.25) is 0 Å². The van der Waals surface area contributed by atoms with E-state index in [1.54, 1.807) is 6.92 Å². The molecule has 3 heteroatoms. The largest absolute Gasteiger partial charge is 0.430 e. The molecule has 0 aromatic heterocycles. The summed E-state index contributed by atoms with van der Waals surface area (Å²) < 4.78 is 4.92. The highest BCUT2D eigenvalue weighted by Crippen LogP contribution is 2.13. The normalized spacial score (nSPS) is 13.8. The monoisotopic (exact) mass is 167 g/mol. The SMILES string of the molecule is C#CC(C)(CC)OC(=O)NC=C. The van der Waals surface area contributed by atoms with Gasteiger partial charge in [0.2, 0.25) is 0 Å². The molecule has 0 spiro atoms. The number of hydrogen-bond donors (Lipinski definition) is 1. The van der Waals surface area contributed by atoms with Crippen LogP contribution in [0, 0.1) is 12.3 Å². The van der Waals surface area contributed by atoms with E-state index >= 15 is 0 Å². The van der Waals surface area contributed by atoms with E-state index in [9.17, 15) is 4.79 Å². The number of alkyl carbamates (subject to hydrolysis) is 1. The standard InChI is InChI=1S/C9H13NO2/c1-5-9(4,6-2)12-8(11)10-7-3/h1,7H,3,6H2,2,4H3,(H,10,11). The molecule has 0 aliphatic heterocycles. The Bertz CT molecular complexity index is 217. The van der Waals surface area contributed by atoms with Gasteiger partial charge in [-0.05, 0) is 19.5 Å². The topological polar surface area (TPSA) is 38.3 Å². The van der Waals surface area contributed by atoms with E-state index < -0.39 is 11.7 Å². The van der Waals surface area contributed by atoms with Gasteiger partial charge in [-0.2, -0.15) is 0 Å². The van der Waals surface area contributed by atoms with Crippen LogP contribution in [-0.2, 0) is 4.74 Å². The van der Waals surface area contributed by atoms with E-state index in [0.29, 0.717) is 6.42 Å². The fourth-order valence-electron chi connectivity index (χ4n) is 0.521. The van der Waals surface area contributed by atoms with Gasteiger partial charge >= 0.3 is 6.09 Å². The number of amides is 1. The Morgan fingerprint density at radius 3 is 2.83 bits per heavy atom. The third kappa shape index (κ3) is 3.11. The molecule has 0 bridgehead atoms. The zero-order chi connectivity index (χ0) is 9.61. The van der Waals surface area contributed by atoms with Gasteiger partial charge in [-0.1, -0.05) is 19.4 Å². The van der Waals surface area contributed by atoms with E-state index in [1.165, 1.54) is 6.20 Å². The summed E-state index contributed by atoms with van der Waals surface area (Å²) >= 11 is 0. The second-order valence-electron chi connectivity index (χ2n) is 2.47. The zero-order valence-corrected chi connectivity index (χ0v) is 7.39. The predicted molar refractivity (Wildman–Crippen MR) is 47.3 cm³/mol. The Kier molecular flexibility index (Phi) is 3.92. The summed E-state index contributed by atoms with van der Waals surface area (Å²) in [6.45, 7) is 6.84. The molecular formula is C9H13NO2. The van der Waals surface area contributed by atoms with Crippen LogP contribution in [0.4, 0.5) is 4.79 Å². The van der Waals surface area contributed by atoms with Crippen molar-refractivity contribution in [1.82, 2.24) is 5.32 Å². The molecule has 1 N–H and O–H groups in total. The lowest BCUT2D eigenvalue weighted by atomic mass is 10.1. The smallest absolute Gasteiger partial charge is 0.412 e. The zero-order valence-electron chi connectivity index (χ0n) is 7.39. The molecule has 1 unspecified atom stereocenters. The van der Waals surface area contributed by atoms with E-state index in [4.69, 9.17) is 11.2 Å². The average Bonchev–Trinajstić information content (AvgIpc) is 2.05. The van der Waals surface area contributed by atoms with Crippen LogP contribution in [0.25, 0.3) is 0 Å². The Morgan fingerprint density at radius 2 is 2.50 bits per heavy atom. The third-order valence-electron chi connectivity index (χ3n) is 1.52. The first kappa shape index (κ1) is 10.6. The van der Waals surface area contributed by atoms with Crippen LogP contribution in [-0.4, -0.2) is 11.7 Å². The lowest BCUT2D eigenvalue weighted by molar-refractivity contribution is 0.0664. The highest BCUT2D eigenvalue weighted by molar-refractivity contribution is 5.69. The fraction of sp³-hybridized carbons (Fsp3) is 0.444. The minimum absolute atomic E-state index is 0.577. The van der Waals surface area contributed by atoms with Crippen molar-refractivity contribution in [2.24, 2.45) is 0 Å². The molecule has 0 fully saturated rings. The van der Waals surface area contributed by atoms with Crippen molar-refractivity contribution < 1.29 is 9.53 Å². The molecule has 0 aliphatic carbocycles. The molecule has 0 aromatic rings. The van der Waals surface area contributed by atoms with Crippen molar-refractivity contribution in [3.8, 4) is 12.3 Å². The van der Waals surface area contributed by atoms with Gasteiger partial charge in [0.05, 0.1) is 0 Å². The van der Waals surface area contributed by atoms with Crippen LogP contribution in [0.15, 0.2) is 12.8 Å². The number of rotatable bonds is 3. The van der Waals surface area contributed by atoms with Crippen molar-refractivity contribution in [3.05, 3.63) is 12.8 Å². The van der Waals surface area contributed by atoms with Crippen LogP contribution in [0.1, 0.15) is 20.3 Å². The Hall–Kier alpha value is -1.43. The highest BCUT2D eigenvalue weighted by atomic mass is 16.6. The summed E-state index contributed by atoms with van der Waals surface area (Å²) in [6, 6.07) is 0. The predicted octanol–water partition coefficient (Wildman–Crippen LogP) is 1.66. The minimum Gasteiger partial charge on any atom is -0.430 e. The molecule has 0 rings (SSSR count). The molecule has 3 nitrogen and oxygen atoms in total. The van der Waals surface area contributed by atoms with Crippen LogP contribution in [0.3, 0.4) is 0 Å².